The predicted molar refractivity (Wildman–Crippen MR) is 134 cm³/mol. The highest BCUT2D eigenvalue weighted by Gasteiger charge is 2.21. The quantitative estimate of drug-likeness (QED) is 0.542. The monoisotopic (exact) mass is 459 g/mol. The van der Waals surface area contributed by atoms with E-state index in [0.717, 1.165) is 68.5 Å². The Morgan fingerprint density at radius 1 is 1.03 bits per heavy atom. The van der Waals surface area contributed by atoms with Crippen molar-refractivity contribution in [3.63, 3.8) is 0 Å². The maximum absolute atomic E-state index is 12.3. The van der Waals surface area contributed by atoms with Crippen molar-refractivity contribution in [3.8, 4) is 5.75 Å². The minimum Gasteiger partial charge on any atom is -0.481 e. The first kappa shape index (κ1) is 22.7. The van der Waals surface area contributed by atoms with Crippen molar-refractivity contribution in [2.24, 2.45) is 5.92 Å². The number of pyridine rings is 1. The number of para-hydroxylation sites is 1. The lowest BCUT2D eigenvalue weighted by molar-refractivity contribution is -0.123. The molecule has 0 bridgehead atoms. The minimum atomic E-state index is -0.135. The summed E-state index contributed by atoms with van der Waals surface area (Å²) in [5, 5.41) is 3.92. The summed E-state index contributed by atoms with van der Waals surface area (Å²) < 4.78 is 11.4. The Bertz CT molecular complexity index is 1090. The molecule has 0 unspecified atom stereocenters. The molecule has 1 aromatic heterocycles. The van der Waals surface area contributed by atoms with Crippen LogP contribution < -0.4 is 15.0 Å². The number of rotatable bonds is 8. The van der Waals surface area contributed by atoms with Gasteiger partial charge in [-0.05, 0) is 61.8 Å². The van der Waals surface area contributed by atoms with E-state index in [-0.39, 0.29) is 18.6 Å². The smallest absolute Gasteiger partial charge is 0.258 e. The van der Waals surface area contributed by atoms with Crippen molar-refractivity contribution in [1.82, 2.24) is 10.3 Å². The summed E-state index contributed by atoms with van der Waals surface area (Å²) in [6.45, 7) is 3.31. The summed E-state index contributed by atoms with van der Waals surface area (Å²) in [6, 6.07) is 20.8. The molecule has 3 heterocycles. The van der Waals surface area contributed by atoms with Crippen LogP contribution in [0.4, 0.5) is 5.82 Å². The summed E-state index contributed by atoms with van der Waals surface area (Å²) in [6.07, 6.45) is 5.66. The maximum atomic E-state index is 12.3. The molecule has 2 aliphatic heterocycles. The summed E-state index contributed by atoms with van der Waals surface area (Å²) >= 11 is 0. The Labute approximate surface area is 201 Å². The highest BCUT2D eigenvalue weighted by Crippen LogP contribution is 2.29. The molecule has 2 aliphatic rings. The molecule has 1 amide bonds. The third kappa shape index (κ3) is 5.68. The number of ether oxygens (including phenoxy) is 2. The zero-order chi connectivity index (χ0) is 23.2. The number of carbonyl (C=O) groups is 1. The lowest BCUT2D eigenvalue weighted by Crippen LogP contribution is -2.35. The van der Waals surface area contributed by atoms with Crippen LogP contribution in [0.5, 0.6) is 5.75 Å². The number of nitrogens with zero attached hydrogens (tertiary/aromatic N) is 2. The van der Waals surface area contributed by atoms with Gasteiger partial charge in [0.1, 0.15) is 17.1 Å². The van der Waals surface area contributed by atoms with Gasteiger partial charge in [0.2, 0.25) is 0 Å². The van der Waals surface area contributed by atoms with E-state index in [0.29, 0.717) is 18.2 Å². The predicted octanol–water partition coefficient (Wildman–Crippen LogP) is 4.37. The standard InChI is InChI=1S/C28H33N3O3/c32-27(29-19-24-9-5-17-33-24)20-34-25-10-4-8-23-11-12-26(30-28(23)25)31-15-13-22(14-16-31)18-21-6-2-1-3-7-21/h1-4,6-8,10-12,22,24H,5,9,13-20H2,(H,29,32)/t24-/m1/s1. The number of nitrogens with one attached hydrogen (secondary N) is 1. The fraction of sp³-hybridized carbons (Fsp3) is 0.429. The molecular weight excluding hydrogens is 426 g/mol. The zero-order valence-corrected chi connectivity index (χ0v) is 19.6. The Hall–Kier alpha value is -3.12. The Morgan fingerprint density at radius 3 is 2.68 bits per heavy atom. The molecule has 3 aromatic rings. The number of piperidine rings is 1. The van der Waals surface area contributed by atoms with Gasteiger partial charge in [0.25, 0.3) is 5.91 Å². The van der Waals surface area contributed by atoms with Crippen LogP contribution in [-0.2, 0) is 16.0 Å². The second-order valence-electron chi connectivity index (χ2n) is 9.35. The molecule has 1 atom stereocenters. The van der Waals surface area contributed by atoms with Gasteiger partial charge in [-0.3, -0.25) is 4.79 Å². The fourth-order valence-corrected chi connectivity index (χ4v) is 4.94. The molecule has 2 aromatic carbocycles. The number of hydrogen-bond donors (Lipinski definition) is 1. The molecule has 1 N–H and O–H groups in total. The second-order valence-corrected chi connectivity index (χ2v) is 9.35. The SMILES string of the molecule is O=C(COc1cccc2ccc(N3CCC(Cc4ccccc4)CC3)nc12)NC[C@H]1CCCO1. The van der Waals surface area contributed by atoms with Crippen molar-refractivity contribution in [2.75, 3.05) is 37.7 Å². The van der Waals surface area contributed by atoms with Gasteiger partial charge in [-0.2, -0.15) is 0 Å². The van der Waals surface area contributed by atoms with Crippen LogP contribution in [0.3, 0.4) is 0 Å². The molecule has 178 valence electrons. The van der Waals surface area contributed by atoms with Gasteiger partial charge in [0.05, 0.1) is 6.10 Å². The van der Waals surface area contributed by atoms with Crippen LogP contribution in [0.25, 0.3) is 10.9 Å². The number of benzene rings is 2. The van der Waals surface area contributed by atoms with Crippen molar-refractivity contribution in [2.45, 2.75) is 38.2 Å². The van der Waals surface area contributed by atoms with Crippen LogP contribution >= 0.6 is 0 Å². The van der Waals surface area contributed by atoms with Gasteiger partial charge in [-0.25, -0.2) is 4.98 Å². The van der Waals surface area contributed by atoms with E-state index in [1.807, 2.05) is 18.2 Å². The van der Waals surface area contributed by atoms with E-state index in [4.69, 9.17) is 14.5 Å². The third-order valence-corrected chi connectivity index (χ3v) is 6.88. The molecular formula is C28H33N3O3. The zero-order valence-electron chi connectivity index (χ0n) is 19.6. The van der Waals surface area contributed by atoms with Crippen LogP contribution in [-0.4, -0.2) is 49.8 Å². The first-order valence-corrected chi connectivity index (χ1v) is 12.4. The normalized spacial score (nSPS) is 18.8. The number of aromatic nitrogens is 1. The van der Waals surface area contributed by atoms with Gasteiger partial charge in [-0.15, -0.1) is 0 Å². The van der Waals surface area contributed by atoms with E-state index in [9.17, 15) is 4.79 Å². The molecule has 0 saturated carbocycles. The third-order valence-electron chi connectivity index (χ3n) is 6.88. The van der Waals surface area contributed by atoms with E-state index < -0.39 is 0 Å². The number of fused-ring (bicyclic) bond motifs is 1. The summed E-state index contributed by atoms with van der Waals surface area (Å²) in [5.41, 5.74) is 2.23. The highest BCUT2D eigenvalue weighted by atomic mass is 16.5. The van der Waals surface area contributed by atoms with Crippen molar-refractivity contribution in [3.05, 3.63) is 66.2 Å². The molecule has 34 heavy (non-hydrogen) atoms. The molecule has 0 aliphatic carbocycles. The molecule has 6 nitrogen and oxygen atoms in total. The lowest BCUT2D eigenvalue weighted by Gasteiger charge is -2.33. The van der Waals surface area contributed by atoms with Gasteiger partial charge in [0.15, 0.2) is 6.61 Å². The first-order valence-electron chi connectivity index (χ1n) is 12.4. The van der Waals surface area contributed by atoms with Gasteiger partial charge in [-0.1, -0.05) is 42.5 Å². The van der Waals surface area contributed by atoms with Crippen LogP contribution in [0.1, 0.15) is 31.2 Å². The molecule has 2 fully saturated rings. The lowest BCUT2D eigenvalue weighted by atomic mass is 9.90. The largest absolute Gasteiger partial charge is 0.481 e. The van der Waals surface area contributed by atoms with Gasteiger partial charge in [0, 0.05) is 31.6 Å². The first-order chi connectivity index (χ1) is 16.7. The molecule has 5 rings (SSSR count). The van der Waals surface area contributed by atoms with Gasteiger partial charge >= 0.3 is 0 Å². The number of hydrogen-bond acceptors (Lipinski definition) is 5. The number of anilines is 1. The van der Waals surface area contributed by atoms with Crippen LogP contribution in [0.2, 0.25) is 0 Å². The number of amides is 1. The summed E-state index contributed by atoms with van der Waals surface area (Å²) in [7, 11) is 0. The van der Waals surface area contributed by atoms with Crippen molar-refractivity contribution < 1.29 is 14.3 Å². The molecule has 2 saturated heterocycles. The van der Waals surface area contributed by atoms with Crippen molar-refractivity contribution >= 4 is 22.6 Å². The van der Waals surface area contributed by atoms with E-state index in [1.54, 1.807) is 0 Å². The van der Waals surface area contributed by atoms with Gasteiger partial charge < -0.3 is 19.7 Å². The van der Waals surface area contributed by atoms with E-state index in [2.05, 4.69) is 52.7 Å². The molecule has 0 radical (unpaired) electrons. The molecule has 6 heteroatoms. The van der Waals surface area contributed by atoms with E-state index >= 15 is 0 Å². The number of carbonyl (C=O) groups excluding carboxylic acids is 1. The van der Waals surface area contributed by atoms with Crippen LogP contribution in [0.15, 0.2) is 60.7 Å². The second kappa shape index (κ2) is 10.9. The minimum absolute atomic E-state index is 0.0252. The maximum Gasteiger partial charge on any atom is 0.258 e. The Balaban J connectivity index is 1.19. The average molecular weight is 460 g/mol. The van der Waals surface area contributed by atoms with E-state index in [1.165, 1.54) is 5.56 Å². The highest BCUT2D eigenvalue weighted by molar-refractivity contribution is 5.86. The fourth-order valence-electron chi connectivity index (χ4n) is 4.94. The van der Waals surface area contributed by atoms with Crippen molar-refractivity contribution in [1.29, 1.82) is 0 Å². The Kier molecular flexibility index (Phi) is 7.25. The molecule has 0 spiro atoms. The topological polar surface area (TPSA) is 63.7 Å². The summed E-state index contributed by atoms with van der Waals surface area (Å²) in [4.78, 5) is 19.6. The average Bonchev–Trinajstić information content (AvgIpc) is 3.41. The summed E-state index contributed by atoms with van der Waals surface area (Å²) in [5.74, 6) is 2.20. The van der Waals surface area contributed by atoms with Crippen LogP contribution in [0, 0.1) is 5.92 Å². The Morgan fingerprint density at radius 2 is 1.88 bits per heavy atom.